The Hall–Kier alpha value is -0.320. The molecule has 0 bridgehead atoms. The molecule has 1 rings (SSSR count). The first-order valence-electron chi connectivity index (χ1n) is 10.6. The van der Waals surface area contributed by atoms with Crippen LogP contribution in [0.1, 0.15) is 58.3 Å². The van der Waals surface area contributed by atoms with Crippen LogP contribution in [0.2, 0.25) is 0 Å². The number of hydrogen-bond acceptors (Lipinski definition) is 8. The Kier molecular flexibility index (Phi) is 14.2. The van der Waals surface area contributed by atoms with Crippen molar-refractivity contribution in [2.24, 2.45) is 0 Å². The zero-order valence-electron chi connectivity index (χ0n) is 17.4. The largest absolute Gasteiger partial charge is 0.394 e. The standard InChI is InChI=1S/C20H40O8/c1-3-4-5-6-7-8-9-10-11-26-14-15(13-25-2)27-20-19(24)18(23)17(22)16(12-21)28-20/h15-24H,3-14H2,1-2H3/t15?,16-,17-,18+,19-,20?/m1/s1. The van der Waals surface area contributed by atoms with Crippen molar-refractivity contribution in [2.75, 3.05) is 33.5 Å². The minimum atomic E-state index is -1.46. The Morgan fingerprint density at radius 1 is 0.857 bits per heavy atom. The van der Waals surface area contributed by atoms with Gasteiger partial charge >= 0.3 is 0 Å². The minimum absolute atomic E-state index is 0.229. The van der Waals surface area contributed by atoms with Gasteiger partial charge in [-0.05, 0) is 6.42 Å². The second-order valence-electron chi connectivity index (χ2n) is 7.46. The van der Waals surface area contributed by atoms with Crippen LogP contribution in [0.5, 0.6) is 0 Å². The van der Waals surface area contributed by atoms with E-state index >= 15 is 0 Å². The molecule has 168 valence electrons. The quantitative estimate of drug-likeness (QED) is 0.279. The first kappa shape index (κ1) is 25.7. The fourth-order valence-corrected chi connectivity index (χ4v) is 3.23. The van der Waals surface area contributed by atoms with Crippen LogP contribution in [0.4, 0.5) is 0 Å². The van der Waals surface area contributed by atoms with Crippen molar-refractivity contribution in [1.29, 1.82) is 0 Å². The molecule has 0 saturated carbocycles. The fraction of sp³-hybridized carbons (Fsp3) is 1.00. The summed E-state index contributed by atoms with van der Waals surface area (Å²) >= 11 is 0. The summed E-state index contributed by atoms with van der Waals surface area (Å²) in [7, 11) is 1.53. The number of rotatable bonds is 16. The number of hydrogen-bond donors (Lipinski definition) is 4. The summed E-state index contributed by atoms with van der Waals surface area (Å²) in [6, 6.07) is 0. The molecule has 1 saturated heterocycles. The maximum Gasteiger partial charge on any atom is 0.187 e. The molecule has 0 aromatic heterocycles. The molecule has 8 nitrogen and oxygen atoms in total. The van der Waals surface area contributed by atoms with E-state index in [-0.39, 0.29) is 13.2 Å². The number of aliphatic hydroxyl groups is 4. The van der Waals surface area contributed by atoms with Crippen molar-refractivity contribution in [3.63, 3.8) is 0 Å². The van der Waals surface area contributed by atoms with Crippen molar-refractivity contribution in [2.45, 2.75) is 95.1 Å². The Labute approximate surface area is 168 Å². The monoisotopic (exact) mass is 408 g/mol. The van der Waals surface area contributed by atoms with Gasteiger partial charge in [-0.1, -0.05) is 51.9 Å². The molecule has 1 heterocycles. The van der Waals surface area contributed by atoms with Crippen LogP contribution >= 0.6 is 0 Å². The Morgan fingerprint density at radius 2 is 1.50 bits per heavy atom. The third-order valence-electron chi connectivity index (χ3n) is 4.97. The van der Waals surface area contributed by atoms with Crippen LogP contribution in [0.3, 0.4) is 0 Å². The maximum absolute atomic E-state index is 10.1. The predicted molar refractivity (Wildman–Crippen MR) is 104 cm³/mol. The van der Waals surface area contributed by atoms with E-state index in [1.54, 1.807) is 0 Å². The average molecular weight is 409 g/mol. The zero-order valence-corrected chi connectivity index (χ0v) is 17.4. The molecule has 2 unspecified atom stereocenters. The second-order valence-corrected chi connectivity index (χ2v) is 7.46. The normalized spacial score (nSPS) is 29.1. The molecule has 0 radical (unpaired) electrons. The van der Waals surface area contributed by atoms with E-state index in [0.717, 1.165) is 12.8 Å². The number of unbranched alkanes of at least 4 members (excludes halogenated alkanes) is 7. The van der Waals surface area contributed by atoms with Gasteiger partial charge in [0.25, 0.3) is 0 Å². The zero-order chi connectivity index (χ0) is 20.8. The summed E-state index contributed by atoms with van der Waals surface area (Å²) in [6.45, 7) is 2.84. The van der Waals surface area contributed by atoms with E-state index < -0.39 is 43.4 Å². The van der Waals surface area contributed by atoms with Crippen LogP contribution in [-0.4, -0.2) is 90.8 Å². The van der Waals surface area contributed by atoms with E-state index in [2.05, 4.69) is 6.92 Å². The summed E-state index contributed by atoms with van der Waals surface area (Å²) in [5.74, 6) is 0. The summed E-state index contributed by atoms with van der Waals surface area (Å²) in [6.07, 6.45) is 2.84. The number of methoxy groups -OCH3 is 1. The van der Waals surface area contributed by atoms with E-state index in [4.69, 9.17) is 18.9 Å². The molecule has 28 heavy (non-hydrogen) atoms. The molecular weight excluding hydrogens is 368 g/mol. The van der Waals surface area contributed by atoms with Gasteiger partial charge in [0.1, 0.15) is 30.5 Å². The van der Waals surface area contributed by atoms with Gasteiger partial charge in [0, 0.05) is 13.7 Å². The first-order valence-corrected chi connectivity index (χ1v) is 10.6. The molecule has 0 spiro atoms. The van der Waals surface area contributed by atoms with Gasteiger partial charge in [-0.15, -0.1) is 0 Å². The molecule has 4 N–H and O–H groups in total. The molecule has 6 atom stereocenters. The molecule has 0 aromatic carbocycles. The lowest BCUT2D eigenvalue weighted by molar-refractivity contribution is -0.316. The molecule has 0 aromatic rings. The van der Waals surface area contributed by atoms with Crippen LogP contribution in [-0.2, 0) is 18.9 Å². The molecular formula is C20H40O8. The van der Waals surface area contributed by atoms with Crippen molar-refractivity contribution >= 4 is 0 Å². The molecule has 0 aliphatic carbocycles. The van der Waals surface area contributed by atoms with Gasteiger partial charge in [-0.2, -0.15) is 0 Å². The molecule has 8 heteroatoms. The predicted octanol–water partition coefficient (Wildman–Crippen LogP) is 0.975. The summed E-state index contributed by atoms with van der Waals surface area (Å²) in [5, 5.41) is 39.0. The smallest absolute Gasteiger partial charge is 0.187 e. The van der Waals surface area contributed by atoms with Gasteiger partial charge < -0.3 is 39.4 Å². The van der Waals surface area contributed by atoms with Crippen molar-refractivity contribution in [1.82, 2.24) is 0 Å². The second kappa shape index (κ2) is 15.5. The van der Waals surface area contributed by atoms with Gasteiger partial charge in [0.15, 0.2) is 6.29 Å². The van der Waals surface area contributed by atoms with Gasteiger partial charge in [-0.3, -0.25) is 0 Å². The molecule has 1 fully saturated rings. The first-order chi connectivity index (χ1) is 13.5. The summed E-state index contributed by atoms with van der Waals surface area (Å²) < 4.78 is 21.8. The summed E-state index contributed by atoms with van der Waals surface area (Å²) in [5.41, 5.74) is 0. The highest BCUT2D eigenvalue weighted by Gasteiger charge is 2.44. The van der Waals surface area contributed by atoms with Crippen molar-refractivity contribution in [3.8, 4) is 0 Å². The lowest BCUT2D eigenvalue weighted by atomic mass is 9.99. The van der Waals surface area contributed by atoms with Crippen LogP contribution in [0.15, 0.2) is 0 Å². The van der Waals surface area contributed by atoms with Crippen molar-refractivity contribution in [3.05, 3.63) is 0 Å². The highest BCUT2D eigenvalue weighted by atomic mass is 16.7. The molecule has 1 aliphatic heterocycles. The van der Waals surface area contributed by atoms with Crippen molar-refractivity contribution < 1.29 is 39.4 Å². The van der Waals surface area contributed by atoms with Crippen LogP contribution in [0, 0.1) is 0 Å². The topological polar surface area (TPSA) is 118 Å². The van der Waals surface area contributed by atoms with Gasteiger partial charge in [0.2, 0.25) is 0 Å². The lowest BCUT2D eigenvalue weighted by Crippen LogP contribution is -2.60. The lowest BCUT2D eigenvalue weighted by Gasteiger charge is -2.40. The SMILES string of the molecule is CCCCCCCCCCOCC(COC)OC1O[C@H](CO)[C@@H](O)[C@H](O)[C@H]1O. The third kappa shape index (κ3) is 9.45. The highest BCUT2D eigenvalue weighted by Crippen LogP contribution is 2.23. The van der Waals surface area contributed by atoms with Gasteiger partial charge in [-0.25, -0.2) is 0 Å². The number of ether oxygens (including phenoxy) is 4. The van der Waals surface area contributed by atoms with E-state index in [0.29, 0.717) is 6.61 Å². The number of aliphatic hydroxyl groups excluding tert-OH is 4. The van der Waals surface area contributed by atoms with Crippen LogP contribution < -0.4 is 0 Å². The maximum atomic E-state index is 10.1. The van der Waals surface area contributed by atoms with E-state index in [1.165, 1.54) is 45.6 Å². The average Bonchev–Trinajstić information content (AvgIpc) is 2.69. The minimum Gasteiger partial charge on any atom is -0.394 e. The fourth-order valence-electron chi connectivity index (χ4n) is 3.23. The Balaban J connectivity index is 2.25. The molecule has 0 amide bonds. The molecule has 1 aliphatic rings. The van der Waals surface area contributed by atoms with E-state index in [9.17, 15) is 20.4 Å². The van der Waals surface area contributed by atoms with Crippen LogP contribution in [0.25, 0.3) is 0 Å². The highest BCUT2D eigenvalue weighted by molar-refractivity contribution is 4.89. The van der Waals surface area contributed by atoms with Gasteiger partial charge in [0.05, 0.1) is 19.8 Å². The third-order valence-corrected chi connectivity index (χ3v) is 4.97. The Morgan fingerprint density at radius 3 is 2.11 bits per heavy atom. The summed E-state index contributed by atoms with van der Waals surface area (Å²) in [4.78, 5) is 0. The van der Waals surface area contributed by atoms with E-state index in [1.807, 2.05) is 0 Å². The Bertz CT molecular complexity index is 368.